The number of urea groups is 1. The first-order chi connectivity index (χ1) is 8.22. The summed E-state index contributed by atoms with van der Waals surface area (Å²) in [4.78, 5) is 23.0. The van der Waals surface area contributed by atoms with Crippen LogP contribution in [0.4, 0.5) is 4.79 Å². The Morgan fingerprint density at radius 1 is 1.28 bits per heavy atom. The second-order valence-corrected chi connectivity index (χ2v) is 5.65. The Hall–Kier alpha value is -1.35. The fourth-order valence-electron chi connectivity index (χ4n) is 1.04. The van der Waals surface area contributed by atoms with Gasteiger partial charge in [-0.15, -0.1) is 0 Å². The number of rotatable bonds is 8. The van der Waals surface area contributed by atoms with Gasteiger partial charge < -0.3 is 15.3 Å². The molecule has 0 aliphatic heterocycles. The fourth-order valence-corrected chi connectivity index (χ4v) is 1.56. The van der Waals surface area contributed by atoms with E-state index in [1.807, 2.05) is 0 Å². The van der Waals surface area contributed by atoms with E-state index in [1.54, 1.807) is 0 Å². The van der Waals surface area contributed by atoms with Crippen molar-refractivity contribution in [2.45, 2.75) is 12.8 Å². The summed E-state index contributed by atoms with van der Waals surface area (Å²) in [6.07, 6.45) is 1.41. The first-order valence-electron chi connectivity index (χ1n) is 5.38. The zero-order valence-electron chi connectivity index (χ0n) is 10.5. The molecule has 0 unspecified atom stereocenters. The van der Waals surface area contributed by atoms with Crippen LogP contribution in [0.1, 0.15) is 12.8 Å². The lowest BCUT2D eigenvalue weighted by Gasteiger charge is -2.16. The van der Waals surface area contributed by atoms with Crippen LogP contribution in [0.2, 0.25) is 0 Å². The zero-order chi connectivity index (χ0) is 14.2. The molecule has 0 aromatic carbocycles. The van der Waals surface area contributed by atoms with Gasteiger partial charge in [0.2, 0.25) is 10.0 Å². The Balaban J connectivity index is 3.67. The van der Waals surface area contributed by atoms with Gasteiger partial charge in [-0.2, -0.15) is 0 Å². The summed E-state index contributed by atoms with van der Waals surface area (Å²) < 4.78 is 23.7. The third-order valence-electron chi connectivity index (χ3n) is 2.00. The standard InChI is InChI=1S/C9H19N3O5S/c1-12(7-4-8(13)14)9(15)10-5-3-6-11-18(2,16)17/h11H,3-7H2,1-2H3,(H,10,15)(H,13,14). The van der Waals surface area contributed by atoms with Gasteiger partial charge in [-0.3, -0.25) is 4.79 Å². The molecule has 8 nitrogen and oxygen atoms in total. The van der Waals surface area contributed by atoms with Gasteiger partial charge in [-0.25, -0.2) is 17.9 Å². The number of aliphatic carboxylic acids is 1. The second kappa shape index (κ2) is 7.88. The highest BCUT2D eigenvalue weighted by Crippen LogP contribution is 1.89. The topological polar surface area (TPSA) is 116 Å². The van der Waals surface area contributed by atoms with E-state index in [-0.39, 0.29) is 25.5 Å². The Labute approximate surface area is 106 Å². The highest BCUT2D eigenvalue weighted by molar-refractivity contribution is 7.88. The van der Waals surface area contributed by atoms with Crippen LogP contribution in [0.25, 0.3) is 0 Å². The second-order valence-electron chi connectivity index (χ2n) is 3.82. The van der Waals surface area contributed by atoms with Crippen molar-refractivity contribution in [3.05, 3.63) is 0 Å². The van der Waals surface area contributed by atoms with Gasteiger partial charge in [-0.05, 0) is 6.42 Å². The monoisotopic (exact) mass is 281 g/mol. The molecular formula is C9H19N3O5S. The van der Waals surface area contributed by atoms with Crippen LogP contribution in [0.15, 0.2) is 0 Å². The average molecular weight is 281 g/mol. The number of carbonyl (C=O) groups is 2. The summed E-state index contributed by atoms with van der Waals surface area (Å²) >= 11 is 0. The molecular weight excluding hydrogens is 262 g/mol. The molecule has 0 bridgehead atoms. The normalized spacial score (nSPS) is 11.0. The van der Waals surface area contributed by atoms with E-state index < -0.39 is 16.0 Å². The van der Waals surface area contributed by atoms with E-state index in [0.717, 1.165) is 6.26 Å². The van der Waals surface area contributed by atoms with E-state index in [9.17, 15) is 18.0 Å². The first kappa shape index (κ1) is 16.6. The summed E-state index contributed by atoms with van der Waals surface area (Å²) in [5.41, 5.74) is 0. The fraction of sp³-hybridized carbons (Fsp3) is 0.778. The summed E-state index contributed by atoms with van der Waals surface area (Å²) in [6, 6.07) is -0.379. The molecule has 0 aromatic heterocycles. The largest absolute Gasteiger partial charge is 0.481 e. The minimum Gasteiger partial charge on any atom is -0.481 e. The van der Waals surface area contributed by atoms with Gasteiger partial charge in [0.15, 0.2) is 0 Å². The van der Waals surface area contributed by atoms with Crippen molar-refractivity contribution >= 4 is 22.0 Å². The van der Waals surface area contributed by atoms with E-state index in [0.29, 0.717) is 13.0 Å². The maximum absolute atomic E-state index is 11.4. The maximum atomic E-state index is 11.4. The predicted octanol–water partition coefficient (Wildman–Crippen LogP) is -0.958. The summed E-state index contributed by atoms with van der Waals surface area (Å²) in [5, 5.41) is 11.0. The Morgan fingerprint density at radius 2 is 1.89 bits per heavy atom. The molecule has 3 N–H and O–H groups in total. The molecule has 0 radical (unpaired) electrons. The lowest BCUT2D eigenvalue weighted by molar-refractivity contribution is -0.137. The van der Waals surface area contributed by atoms with E-state index in [4.69, 9.17) is 5.11 Å². The number of hydrogen-bond acceptors (Lipinski definition) is 4. The van der Waals surface area contributed by atoms with Crippen molar-refractivity contribution in [2.75, 3.05) is 32.9 Å². The highest BCUT2D eigenvalue weighted by Gasteiger charge is 2.09. The van der Waals surface area contributed by atoms with Crippen molar-refractivity contribution < 1.29 is 23.1 Å². The van der Waals surface area contributed by atoms with Crippen molar-refractivity contribution in [1.82, 2.24) is 14.9 Å². The molecule has 0 aliphatic rings. The molecule has 0 saturated heterocycles. The molecule has 0 fully saturated rings. The summed E-state index contributed by atoms with van der Waals surface area (Å²) in [7, 11) is -1.70. The molecule has 0 rings (SSSR count). The van der Waals surface area contributed by atoms with E-state index in [2.05, 4.69) is 10.0 Å². The van der Waals surface area contributed by atoms with Crippen LogP contribution >= 0.6 is 0 Å². The number of nitrogens with one attached hydrogen (secondary N) is 2. The average Bonchev–Trinajstić information content (AvgIpc) is 2.23. The maximum Gasteiger partial charge on any atom is 0.317 e. The summed E-state index contributed by atoms with van der Waals surface area (Å²) in [5.74, 6) is -0.966. The van der Waals surface area contributed by atoms with Crippen LogP contribution in [-0.4, -0.2) is 63.4 Å². The van der Waals surface area contributed by atoms with Crippen LogP contribution in [0.3, 0.4) is 0 Å². The highest BCUT2D eigenvalue weighted by atomic mass is 32.2. The number of hydrogen-bond donors (Lipinski definition) is 3. The number of sulfonamides is 1. The van der Waals surface area contributed by atoms with Crippen molar-refractivity contribution in [3.63, 3.8) is 0 Å². The Morgan fingerprint density at radius 3 is 2.39 bits per heavy atom. The molecule has 2 amide bonds. The van der Waals surface area contributed by atoms with Crippen LogP contribution < -0.4 is 10.0 Å². The van der Waals surface area contributed by atoms with Crippen LogP contribution in [-0.2, 0) is 14.8 Å². The Kier molecular flexibility index (Phi) is 7.29. The number of nitrogens with zero attached hydrogens (tertiary/aromatic N) is 1. The molecule has 0 aromatic rings. The molecule has 0 saturated carbocycles. The number of carboxylic acids is 1. The van der Waals surface area contributed by atoms with Crippen molar-refractivity contribution in [3.8, 4) is 0 Å². The number of amides is 2. The van der Waals surface area contributed by atoms with E-state index in [1.165, 1.54) is 11.9 Å². The van der Waals surface area contributed by atoms with Gasteiger partial charge in [-0.1, -0.05) is 0 Å². The SMILES string of the molecule is CN(CCC(=O)O)C(=O)NCCCNS(C)(=O)=O. The molecule has 0 aliphatic carbocycles. The van der Waals surface area contributed by atoms with Gasteiger partial charge in [0.05, 0.1) is 12.7 Å². The lowest BCUT2D eigenvalue weighted by atomic mass is 10.4. The molecule has 9 heteroatoms. The zero-order valence-corrected chi connectivity index (χ0v) is 11.3. The molecule has 0 spiro atoms. The van der Waals surface area contributed by atoms with Gasteiger partial charge >= 0.3 is 12.0 Å². The molecule has 106 valence electrons. The number of carboxylic acid groups (broad SMARTS) is 1. The Bertz CT molecular complexity index is 382. The third kappa shape index (κ3) is 9.85. The smallest absolute Gasteiger partial charge is 0.317 e. The van der Waals surface area contributed by atoms with E-state index >= 15 is 0 Å². The minimum absolute atomic E-state index is 0.112. The molecule has 0 atom stereocenters. The van der Waals surface area contributed by atoms with Crippen molar-refractivity contribution in [2.24, 2.45) is 0 Å². The van der Waals surface area contributed by atoms with Gasteiger partial charge in [0.1, 0.15) is 0 Å². The van der Waals surface area contributed by atoms with Crippen molar-refractivity contribution in [1.29, 1.82) is 0 Å². The predicted molar refractivity (Wildman–Crippen MR) is 65.7 cm³/mol. The quantitative estimate of drug-likeness (QED) is 0.496. The number of carbonyl (C=O) groups excluding carboxylic acids is 1. The van der Waals surface area contributed by atoms with Crippen LogP contribution in [0, 0.1) is 0 Å². The lowest BCUT2D eigenvalue weighted by Crippen LogP contribution is -2.39. The van der Waals surface area contributed by atoms with Gasteiger partial charge in [0, 0.05) is 26.7 Å². The first-order valence-corrected chi connectivity index (χ1v) is 7.27. The van der Waals surface area contributed by atoms with Crippen LogP contribution in [0.5, 0.6) is 0 Å². The molecule has 18 heavy (non-hydrogen) atoms. The summed E-state index contributed by atoms with van der Waals surface area (Å²) in [6.45, 7) is 0.694. The molecule has 0 heterocycles. The minimum atomic E-state index is -3.20. The van der Waals surface area contributed by atoms with Gasteiger partial charge in [0.25, 0.3) is 0 Å². The third-order valence-corrected chi connectivity index (χ3v) is 2.73.